The number of halogens is 1. The third-order valence-electron chi connectivity index (χ3n) is 4.47. The van der Waals surface area contributed by atoms with Gasteiger partial charge in [-0.1, -0.05) is 15.9 Å². The summed E-state index contributed by atoms with van der Waals surface area (Å²) in [7, 11) is 0. The third-order valence-corrected chi connectivity index (χ3v) is 5.21. The Balaban J connectivity index is 2.19. The zero-order valence-corrected chi connectivity index (χ0v) is 17.6. The highest BCUT2D eigenvalue weighted by atomic mass is 79.9. The fourth-order valence-corrected chi connectivity index (χ4v) is 3.65. The number of hydrogen-bond donors (Lipinski definition) is 0. The summed E-state index contributed by atoms with van der Waals surface area (Å²) in [5.74, 6) is 1.32. The Morgan fingerprint density at radius 2 is 1.89 bits per heavy atom. The van der Waals surface area contributed by atoms with E-state index in [0.29, 0.717) is 50.9 Å². The molecule has 0 unspecified atom stereocenters. The van der Waals surface area contributed by atoms with E-state index in [1.807, 2.05) is 30.9 Å². The quantitative estimate of drug-likeness (QED) is 0.587. The first kappa shape index (κ1) is 21.5. The monoisotopic (exact) mass is 438 g/mol. The maximum atomic E-state index is 13.0. The van der Waals surface area contributed by atoms with Crippen molar-refractivity contribution in [1.29, 1.82) is 5.26 Å². The molecular formula is C20H27BrN2O4. The van der Waals surface area contributed by atoms with Gasteiger partial charge in [-0.3, -0.25) is 4.79 Å². The van der Waals surface area contributed by atoms with Crippen LogP contribution in [0.25, 0.3) is 0 Å². The molecule has 0 spiro atoms. The molecule has 27 heavy (non-hydrogen) atoms. The molecule has 0 atom stereocenters. The van der Waals surface area contributed by atoms with Gasteiger partial charge in [0.2, 0.25) is 5.91 Å². The number of rotatable bonds is 9. The lowest BCUT2D eigenvalue weighted by Crippen LogP contribution is -2.44. The second-order valence-electron chi connectivity index (χ2n) is 6.27. The highest BCUT2D eigenvalue weighted by Gasteiger charge is 2.26. The summed E-state index contributed by atoms with van der Waals surface area (Å²) < 4.78 is 17.5. The molecule has 1 saturated heterocycles. The Morgan fingerprint density at radius 3 is 2.48 bits per heavy atom. The molecule has 2 rings (SSSR count). The Morgan fingerprint density at radius 1 is 1.26 bits per heavy atom. The highest BCUT2D eigenvalue weighted by molar-refractivity contribution is 9.10. The molecule has 1 aliphatic heterocycles. The normalized spacial score (nSPS) is 14.4. The number of carbonyl (C=O) groups excluding carboxylic acids is 1. The maximum Gasteiger partial charge on any atom is 0.227 e. The Bertz CT molecular complexity index is 669. The van der Waals surface area contributed by atoms with Crippen molar-refractivity contribution >= 4 is 21.8 Å². The molecule has 1 amide bonds. The molecule has 1 aliphatic rings. The first-order valence-corrected chi connectivity index (χ1v) is 10.2. The van der Waals surface area contributed by atoms with Crippen LogP contribution in [0, 0.1) is 11.3 Å². The van der Waals surface area contributed by atoms with Gasteiger partial charge in [-0.15, -0.1) is 0 Å². The van der Waals surface area contributed by atoms with Crippen LogP contribution < -0.4 is 9.47 Å². The average Bonchev–Trinajstić information content (AvgIpc) is 2.67. The van der Waals surface area contributed by atoms with Crippen LogP contribution in [0.5, 0.6) is 11.5 Å². The lowest BCUT2D eigenvalue weighted by Gasteiger charge is -2.34. The highest BCUT2D eigenvalue weighted by Crippen LogP contribution is 2.34. The Kier molecular flexibility index (Phi) is 8.89. The molecule has 1 heterocycles. The topological polar surface area (TPSA) is 71.8 Å². The first-order valence-electron chi connectivity index (χ1n) is 9.42. The van der Waals surface area contributed by atoms with Crippen LogP contribution in [0.4, 0.5) is 0 Å². The Labute approximate surface area is 169 Å². The van der Waals surface area contributed by atoms with Crippen LogP contribution in [0.2, 0.25) is 0 Å². The number of carbonyl (C=O) groups is 1. The maximum absolute atomic E-state index is 13.0. The lowest BCUT2D eigenvalue weighted by molar-refractivity contribution is -0.134. The van der Waals surface area contributed by atoms with Crippen molar-refractivity contribution in [2.24, 2.45) is 0 Å². The predicted octanol–water partition coefficient (Wildman–Crippen LogP) is 3.71. The van der Waals surface area contributed by atoms with E-state index in [9.17, 15) is 4.79 Å². The van der Waals surface area contributed by atoms with E-state index in [-0.39, 0.29) is 18.4 Å². The van der Waals surface area contributed by atoms with Crippen molar-refractivity contribution in [2.75, 3.05) is 33.0 Å². The van der Waals surface area contributed by atoms with Gasteiger partial charge in [-0.2, -0.15) is 5.26 Å². The minimum Gasteiger partial charge on any atom is -0.490 e. The predicted molar refractivity (Wildman–Crippen MR) is 106 cm³/mol. The zero-order valence-electron chi connectivity index (χ0n) is 16.0. The van der Waals surface area contributed by atoms with Crippen LogP contribution in [0.1, 0.15) is 38.7 Å². The van der Waals surface area contributed by atoms with Gasteiger partial charge in [0, 0.05) is 30.3 Å². The first-order chi connectivity index (χ1) is 13.1. The van der Waals surface area contributed by atoms with E-state index < -0.39 is 0 Å². The minimum atomic E-state index is 0.0180. The van der Waals surface area contributed by atoms with Crippen molar-refractivity contribution in [2.45, 2.75) is 45.6 Å². The standard InChI is InChI=1S/C20H27BrN2O4/c1-3-26-18-12-15(17(21)14-19(18)27-4-2)13-20(24)23(9-5-8-22)16-6-10-25-11-7-16/h12,14,16H,3-7,9-11,13H2,1-2H3. The summed E-state index contributed by atoms with van der Waals surface area (Å²) in [6.45, 7) is 6.65. The van der Waals surface area contributed by atoms with Gasteiger partial charge in [-0.05, 0) is 44.4 Å². The summed E-state index contributed by atoms with van der Waals surface area (Å²) in [5, 5.41) is 8.96. The second kappa shape index (κ2) is 11.2. The van der Waals surface area contributed by atoms with E-state index in [2.05, 4.69) is 22.0 Å². The van der Waals surface area contributed by atoms with Gasteiger partial charge in [0.25, 0.3) is 0 Å². The average molecular weight is 439 g/mol. The summed E-state index contributed by atoms with van der Waals surface area (Å²) >= 11 is 3.55. The molecule has 1 fully saturated rings. The van der Waals surface area contributed by atoms with Gasteiger partial charge in [0.1, 0.15) is 0 Å². The molecule has 1 aromatic rings. The molecule has 6 nitrogen and oxygen atoms in total. The van der Waals surface area contributed by atoms with Crippen molar-refractivity contribution in [3.63, 3.8) is 0 Å². The van der Waals surface area contributed by atoms with Crippen LogP contribution in [-0.4, -0.2) is 49.8 Å². The summed E-state index contributed by atoms with van der Waals surface area (Å²) in [6, 6.07) is 5.99. The van der Waals surface area contributed by atoms with E-state index in [0.717, 1.165) is 22.9 Å². The largest absolute Gasteiger partial charge is 0.490 e. The number of benzene rings is 1. The van der Waals surface area contributed by atoms with Gasteiger partial charge >= 0.3 is 0 Å². The molecule has 7 heteroatoms. The third kappa shape index (κ3) is 6.12. The molecule has 0 saturated carbocycles. The number of amides is 1. The van der Waals surface area contributed by atoms with E-state index in [4.69, 9.17) is 19.5 Å². The van der Waals surface area contributed by atoms with Gasteiger partial charge in [0.15, 0.2) is 11.5 Å². The zero-order chi connectivity index (χ0) is 19.6. The number of nitriles is 1. The number of nitrogens with zero attached hydrogens (tertiary/aromatic N) is 2. The molecule has 0 bridgehead atoms. The summed E-state index contributed by atoms with van der Waals surface area (Å²) in [6.07, 6.45) is 2.20. The summed E-state index contributed by atoms with van der Waals surface area (Å²) in [5.41, 5.74) is 0.848. The lowest BCUT2D eigenvalue weighted by atomic mass is 10.0. The van der Waals surface area contributed by atoms with E-state index in [1.165, 1.54) is 0 Å². The van der Waals surface area contributed by atoms with Crippen molar-refractivity contribution in [1.82, 2.24) is 4.90 Å². The second-order valence-corrected chi connectivity index (χ2v) is 7.13. The van der Waals surface area contributed by atoms with Gasteiger partial charge < -0.3 is 19.1 Å². The van der Waals surface area contributed by atoms with Crippen molar-refractivity contribution in [3.05, 3.63) is 22.2 Å². The molecule has 0 aromatic heterocycles. The Hall–Kier alpha value is -1.78. The van der Waals surface area contributed by atoms with E-state index in [1.54, 1.807) is 0 Å². The fourth-order valence-electron chi connectivity index (χ4n) is 3.19. The molecule has 0 aliphatic carbocycles. The SMILES string of the molecule is CCOc1cc(Br)c(CC(=O)N(CCC#N)C2CCOCC2)cc1OCC. The molecule has 148 valence electrons. The number of hydrogen-bond acceptors (Lipinski definition) is 5. The molecule has 1 aromatic carbocycles. The molecular weight excluding hydrogens is 412 g/mol. The molecule has 0 N–H and O–H groups in total. The van der Waals surface area contributed by atoms with Crippen LogP contribution >= 0.6 is 15.9 Å². The number of ether oxygens (including phenoxy) is 3. The van der Waals surface area contributed by atoms with Gasteiger partial charge in [0.05, 0.1) is 32.1 Å². The van der Waals surface area contributed by atoms with Crippen molar-refractivity contribution in [3.8, 4) is 17.6 Å². The van der Waals surface area contributed by atoms with E-state index >= 15 is 0 Å². The minimum absolute atomic E-state index is 0.0180. The summed E-state index contributed by atoms with van der Waals surface area (Å²) in [4.78, 5) is 14.9. The smallest absolute Gasteiger partial charge is 0.227 e. The molecule has 0 radical (unpaired) electrons. The van der Waals surface area contributed by atoms with Gasteiger partial charge in [-0.25, -0.2) is 0 Å². The van der Waals surface area contributed by atoms with Crippen LogP contribution in [0.15, 0.2) is 16.6 Å². The van der Waals surface area contributed by atoms with Crippen LogP contribution in [-0.2, 0) is 16.0 Å². The van der Waals surface area contributed by atoms with Crippen LogP contribution in [0.3, 0.4) is 0 Å². The van der Waals surface area contributed by atoms with Crippen molar-refractivity contribution < 1.29 is 19.0 Å². The fraction of sp³-hybridized carbons (Fsp3) is 0.600.